The number of rotatable bonds is 4. The van der Waals surface area contributed by atoms with Crippen molar-refractivity contribution in [3.05, 3.63) is 34.0 Å². The number of hydrogen-bond acceptors (Lipinski definition) is 4. The molecule has 0 aliphatic heterocycles. The van der Waals surface area contributed by atoms with Crippen molar-refractivity contribution in [1.82, 2.24) is 15.5 Å². The van der Waals surface area contributed by atoms with Gasteiger partial charge in [0.1, 0.15) is 10.8 Å². The van der Waals surface area contributed by atoms with Crippen LogP contribution in [0.4, 0.5) is 4.39 Å². The smallest absolute Gasteiger partial charge is 0.152 e. The Balaban J connectivity index is 2.24. The van der Waals surface area contributed by atoms with Gasteiger partial charge in [-0.1, -0.05) is 42.9 Å². The molecule has 0 radical (unpaired) electrons. The molecule has 0 unspecified atom stereocenters. The predicted octanol–water partition coefficient (Wildman–Crippen LogP) is 3.50. The van der Waals surface area contributed by atoms with E-state index in [0.29, 0.717) is 28.2 Å². The van der Waals surface area contributed by atoms with Gasteiger partial charge in [-0.05, 0) is 12.1 Å². The van der Waals surface area contributed by atoms with E-state index in [9.17, 15) is 4.39 Å². The van der Waals surface area contributed by atoms with Gasteiger partial charge in [0.2, 0.25) is 0 Å². The fourth-order valence-electron chi connectivity index (χ4n) is 1.42. The topological polar surface area (TPSA) is 37.8 Å². The summed E-state index contributed by atoms with van der Waals surface area (Å²) in [4.78, 5) is 0. The van der Waals surface area contributed by atoms with E-state index in [4.69, 9.17) is 11.6 Å². The van der Waals surface area contributed by atoms with Crippen LogP contribution in [0, 0.1) is 5.82 Å². The molecule has 18 heavy (non-hydrogen) atoms. The SMILES string of the molecule is CC(C)NCc1nnc(-c2c(F)cccc2Cl)s1. The number of aromatic nitrogens is 2. The molecule has 0 fully saturated rings. The molecule has 1 heterocycles. The van der Waals surface area contributed by atoms with Crippen LogP contribution >= 0.6 is 22.9 Å². The zero-order valence-electron chi connectivity index (χ0n) is 10.1. The van der Waals surface area contributed by atoms with Gasteiger partial charge >= 0.3 is 0 Å². The molecule has 0 saturated heterocycles. The van der Waals surface area contributed by atoms with Gasteiger partial charge in [-0.25, -0.2) is 4.39 Å². The summed E-state index contributed by atoms with van der Waals surface area (Å²) >= 11 is 7.33. The van der Waals surface area contributed by atoms with E-state index >= 15 is 0 Å². The van der Waals surface area contributed by atoms with Crippen LogP contribution in [0.5, 0.6) is 0 Å². The van der Waals surface area contributed by atoms with E-state index in [2.05, 4.69) is 29.4 Å². The minimum absolute atomic E-state index is 0.326. The van der Waals surface area contributed by atoms with Crippen LogP contribution < -0.4 is 5.32 Å². The van der Waals surface area contributed by atoms with Crippen molar-refractivity contribution in [2.45, 2.75) is 26.4 Å². The van der Waals surface area contributed by atoms with Gasteiger partial charge in [0, 0.05) is 12.6 Å². The lowest BCUT2D eigenvalue weighted by Gasteiger charge is -2.04. The van der Waals surface area contributed by atoms with Crippen molar-refractivity contribution in [3.63, 3.8) is 0 Å². The van der Waals surface area contributed by atoms with E-state index in [1.54, 1.807) is 12.1 Å². The van der Waals surface area contributed by atoms with Gasteiger partial charge in [0.25, 0.3) is 0 Å². The number of nitrogens with zero attached hydrogens (tertiary/aromatic N) is 2. The van der Waals surface area contributed by atoms with E-state index in [-0.39, 0.29) is 5.82 Å². The Labute approximate surface area is 114 Å². The molecule has 1 N–H and O–H groups in total. The van der Waals surface area contributed by atoms with Crippen molar-refractivity contribution >= 4 is 22.9 Å². The van der Waals surface area contributed by atoms with Gasteiger partial charge in [0.15, 0.2) is 5.01 Å². The third-order valence-corrected chi connectivity index (χ3v) is 3.56. The Kier molecular flexibility index (Phi) is 4.27. The third kappa shape index (κ3) is 3.04. The van der Waals surface area contributed by atoms with Gasteiger partial charge in [-0.2, -0.15) is 0 Å². The van der Waals surface area contributed by atoms with Crippen molar-refractivity contribution in [1.29, 1.82) is 0 Å². The highest BCUT2D eigenvalue weighted by Crippen LogP contribution is 2.32. The first-order valence-electron chi connectivity index (χ1n) is 5.58. The second kappa shape index (κ2) is 5.73. The lowest BCUT2D eigenvalue weighted by Crippen LogP contribution is -2.21. The summed E-state index contributed by atoms with van der Waals surface area (Å²) in [6.07, 6.45) is 0. The molecule has 2 aromatic rings. The van der Waals surface area contributed by atoms with Gasteiger partial charge in [-0.3, -0.25) is 0 Å². The largest absolute Gasteiger partial charge is 0.308 e. The average Bonchev–Trinajstić information content (AvgIpc) is 2.75. The Morgan fingerprint density at radius 3 is 2.83 bits per heavy atom. The molecule has 0 atom stereocenters. The highest BCUT2D eigenvalue weighted by molar-refractivity contribution is 7.14. The fraction of sp³-hybridized carbons (Fsp3) is 0.333. The Bertz CT molecular complexity index is 522. The van der Waals surface area contributed by atoms with Crippen molar-refractivity contribution in [2.24, 2.45) is 0 Å². The Morgan fingerprint density at radius 1 is 1.39 bits per heavy atom. The molecular formula is C12H13ClFN3S. The lowest BCUT2D eigenvalue weighted by molar-refractivity contribution is 0.585. The first-order chi connectivity index (χ1) is 8.58. The molecule has 1 aromatic carbocycles. The molecule has 2 rings (SSSR count). The quantitative estimate of drug-likeness (QED) is 0.934. The van der Waals surface area contributed by atoms with Gasteiger partial charge in [-0.15, -0.1) is 10.2 Å². The maximum atomic E-state index is 13.7. The number of halogens is 2. The Hall–Kier alpha value is -1.04. The molecule has 0 spiro atoms. The molecule has 1 aromatic heterocycles. The summed E-state index contributed by atoms with van der Waals surface area (Å²) in [5, 5.41) is 12.9. The highest BCUT2D eigenvalue weighted by atomic mass is 35.5. The molecule has 0 amide bonds. The van der Waals surface area contributed by atoms with E-state index in [0.717, 1.165) is 5.01 Å². The van der Waals surface area contributed by atoms with Crippen LogP contribution in [0.1, 0.15) is 18.9 Å². The summed E-state index contributed by atoms with van der Waals surface area (Å²) in [7, 11) is 0. The van der Waals surface area contributed by atoms with Crippen molar-refractivity contribution in [2.75, 3.05) is 0 Å². The lowest BCUT2D eigenvalue weighted by atomic mass is 10.2. The van der Waals surface area contributed by atoms with Crippen LogP contribution in [0.15, 0.2) is 18.2 Å². The normalized spacial score (nSPS) is 11.2. The molecular weight excluding hydrogens is 273 g/mol. The maximum Gasteiger partial charge on any atom is 0.152 e. The minimum atomic E-state index is -0.373. The van der Waals surface area contributed by atoms with Crippen molar-refractivity contribution in [3.8, 4) is 10.6 Å². The third-order valence-electron chi connectivity index (χ3n) is 2.31. The van der Waals surface area contributed by atoms with Crippen LogP contribution in [0.3, 0.4) is 0 Å². The predicted molar refractivity (Wildman–Crippen MR) is 72.3 cm³/mol. The zero-order valence-corrected chi connectivity index (χ0v) is 11.6. The standard InChI is InChI=1S/C12H13ClFN3S/c1-7(2)15-6-10-16-17-12(18-10)11-8(13)4-3-5-9(11)14/h3-5,7,15H,6H2,1-2H3. The van der Waals surface area contributed by atoms with Gasteiger partial charge < -0.3 is 5.32 Å². The first kappa shape index (κ1) is 13.4. The summed E-state index contributed by atoms with van der Waals surface area (Å²) < 4.78 is 13.7. The van der Waals surface area contributed by atoms with Crippen LogP contribution in [-0.2, 0) is 6.54 Å². The highest BCUT2D eigenvalue weighted by Gasteiger charge is 2.14. The zero-order chi connectivity index (χ0) is 13.1. The fourth-order valence-corrected chi connectivity index (χ4v) is 2.58. The molecule has 3 nitrogen and oxygen atoms in total. The molecule has 0 bridgehead atoms. The van der Waals surface area contributed by atoms with Crippen LogP contribution in [0.25, 0.3) is 10.6 Å². The first-order valence-corrected chi connectivity index (χ1v) is 6.77. The molecule has 0 aliphatic carbocycles. The second-order valence-electron chi connectivity index (χ2n) is 4.13. The number of hydrogen-bond donors (Lipinski definition) is 1. The molecule has 96 valence electrons. The molecule has 6 heteroatoms. The Morgan fingerprint density at radius 2 is 2.17 bits per heavy atom. The van der Waals surface area contributed by atoms with Crippen LogP contribution in [0.2, 0.25) is 5.02 Å². The minimum Gasteiger partial charge on any atom is -0.308 e. The van der Waals surface area contributed by atoms with E-state index in [1.807, 2.05) is 0 Å². The van der Waals surface area contributed by atoms with Crippen molar-refractivity contribution < 1.29 is 4.39 Å². The van der Waals surface area contributed by atoms with Crippen LogP contribution in [-0.4, -0.2) is 16.2 Å². The van der Waals surface area contributed by atoms with Gasteiger partial charge in [0.05, 0.1) is 10.6 Å². The maximum absolute atomic E-state index is 13.7. The number of benzene rings is 1. The summed E-state index contributed by atoms with van der Waals surface area (Å²) in [6.45, 7) is 4.73. The molecule has 0 aliphatic rings. The number of nitrogens with one attached hydrogen (secondary N) is 1. The summed E-state index contributed by atoms with van der Waals surface area (Å²) in [6, 6.07) is 4.96. The average molecular weight is 286 g/mol. The van der Waals surface area contributed by atoms with E-state index < -0.39 is 0 Å². The monoisotopic (exact) mass is 285 g/mol. The summed E-state index contributed by atoms with van der Waals surface area (Å²) in [5.41, 5.74) is 0.326. The summed E-state index contributed by atoms with van der Waals surface area (Å²) in [5.74, 6) is -0.373. The second-order valence-corrected chi connectivity index (χ2v) is 5.60. The molecule has 0 saturated carbocycles. The van der Waals surface area contributed by atoms with E-state index in [1.165, 1.54) is 17.4 Å².